The van der Waals surface area contributed by atoms with Crippen molar-refractivity contribution in [2.24, 2.45) is 0 Å². The number of carbonyl (C=O) groups excluding carboxylic acids is 1. The highest BCUT2D eigenvalue weighted by molar-refractivity contribution is 5.84. The first-order chi connectivity index (χ1) is 6.63. The summed E-state index contributed by atoms with van der Waals surface area (Å²) >= 11 is 0. The molecular formula is C8H9NO5. The smallest absolute Gasteiger partial charge is 0.407 e. The summed E-state index contributed by atoms with van der Waals surface area (Å²) in [6.07, 6.45) is -0.599. The maximum atomic E-state index is 10.6. The predicted molar refractivity (Wildman–Crippen MR) is 44.9 cm³/mol. The molecule has 0 aromatic carbocycles. The molecule has 0 spiro atoms. The molecule has 0 radical (unpaired) electrons. The number of hydrogen-bond acceptors (Lipinski definition) is 4. The van der Waals surface area contributed by atoms with Crippen molar-refractivity contribution in [3.05, 3.63) is 23.7 Å². The summed E-state index contributed by atoms with van der Waals surface area (Å²) in [5.41, 5.74) is 0. The summed E-state index contributed by atoms with van der Waals surface area (Å²) in [6.45, 7) is 0.0972. The van der Waals surface area contributed by atoms with E-state index in [2.05, 4.69) is 10.1 Å². The number of aromatic carboxylic acids is 1. The van der Waals surface area contributed by atoms with Gasteiger partial charge in [0.05, 0.1) is 13.7 Å². The van der Waals surface area contributed by atoms with Crippen molar-refractivity contribution in [1.82, 2.24) is 5.32 Å². The third-order valence-corrected chi connectivity index (χ3v) is 1.46. The van der Waals surface area contributed by atoms with Crippen LogP contribution in [0.25, 0.3) is 0 Å². The van der Waals surface area contributed by atoms with Crippen molar-refractivity contribution in [3.63, 3.8) is 0 Å². The molecule has 14 heavy (non-hydrogen) atoms. The number of carboxylic acid groups (broad SMARTS) is 1. The van der Waals surface area contributed by atoms with Gasteiger partial charge >= 0.3 is 12.1 Å². The molecule has 1 aromatic heterocycles. The molecule has 0 fully saturated rings. The summed E-state index contributed by atoms with van der Waals surface area (Å²) in [5, 5.41) is 10.9. The first-order valence-corrected chi connectivity index (χ1v) is 3.77. The van der Waals surface area contributed by atoms with Gasteiger partial charge in [0.1, 0.15) is 5.76 Å². The molecule has 0 saturated heterocycles. The Hall–Kier alpha value is -1.98. The number of alkyl carbamates (subject to hydrolysis) is 1. The molecule has 1 rings (SSSR count). The molecule has 0 aliphatic heterocycles. The second kappa shape index (κ2) is 4.31. The molecular weight excluding hydrogens is 190 g/mol. The molecule has 1 heterocycles. The zero-order chi connectivity index (χ0) is 10.6. The van der Waals surface area contributed by atoms with Gasteiger partial charge in [-0.05, 0) is 12.1 Å². The number of methoxy groups -OCH3 is 1. The Bertz CT molecular complexity index is 343. The zero-order valence-corrected chi connectivity index (χ0v) is 7.44. The number of amides is 1. The summed E-state index contributed by atoms with van der Waals surface area (Å²) in [5.74, 6) is -0.950. The van der Waals surface area contributed by atoms with E-state index in [9.17, 15) is 9.59 Å². The van der Waals surface area contributed by atoms with Crippen LogP contribution in [0.4, 0.5) is 4.79 Å². The second-order valence-corrected chi connectivity index (χ2v) is 2.42. The van der Waals surface area contributed by atoms with Gasteiger partial charge in [0.2, 0.25) is 5.76 Å². The maximum absolute atomic E-state index is 10.6. The van der Waals surface area contributed by atoms with Crippen molar-refractivity contribution in [3.8, 4) is 0 Å². The van der Waals surface area contributed by atoms with Crippen LogP contribution >= 0.6 is 0 Å². The van der Waals surface area contributed by atoms with E-state index in [1.165, 1.54) is 19.2 Å². The summed E-state index contributed by atoms with van der Waals surface area (Å²) < 4.78 is 9.19. The second-order valence-electron chi connectivity index (χ2n) is 2.42. The largest absolute Gasteiger partial charge is 0.475 e. The van der Waals surface area contributed by atoms with Crippen LogP contribution < -0.4 is 5.32 Å². The van der Waals surface area contributed by atoms with Crippen LogP contribution in [-0.4, -0.2) is 24.3 Å². The van der Waals surface area contributed by atoms with Crippen LogP contribution in [0.2, 0.25) is 0 Å². The molecule has 0 bridgehead atoms. The highest BCUT2D eigenvalue weighted by Crippen LogP contribution is 2.07. The third-order valence-electron chi connectivity index (χ3n) is 1.46. The van der Waals surface area contributed by atoms with Crippen molar-refractivity contribution >= 4 is 12.1 Å². The van der Waals surface area contributed by atoms with Gasteiger partial charge < -0.3 is 19.6 Å². The standard InChI is InChI=1S/C8H9NO5/c1-13-8(12)9-4-5-2-3-6(14-5)7(10)11/h2-3H,4H2,1H3,(H,9,12)(H,10,11). The minimum atomic E-state index is -1.14. The van der Waals surface area contributed by atoms with Crippen LogP contribution in [0, 0.1) is 0 Å². The number of furan rings is 1. The fourth-order valence-corrected chi connectivity index (χ4v) is 0.819. The molecule has 0 aliphatic carbocycles. The van der Waals surface area contributed by atoms with Crippen molar-refractivity contribution in [2.45, 2.75) is 6.54 Å². The first-order valence-electron chi connectivity index (χ1n) is 3.77. The summed E-state index contributed by atoms with van der Waals surface area (Å²) in [4.78, 5) is 21.0. The van der Waals surface area contributed by atoms with Crippen LogP contribution in [-0.2, 0) is 11.3 Å². The Morgan fingerprint density at radius 2 is 2.29 bits per heavy atom. The molecule has 0 aliphatic rings. The number of carbonyl (C=O) groups is 2. The number of hydrogen-bond donors (Lipinski definition) is 2. The number of nitrogens with one attached hydrogen (secondary N) is 1. The molecule has 76 valence electrons. The van der Waals surface area contributed by atoms with E-state index in [-0.39, 0.29) is 12.3 Å². The van der Waals surface area contributed by atoms with Gasteiger partial charge in [0.25, 0.3) is 0 Å². The fourth-order valence-electron chi connectivity index (χ4n) is 0.819. The number of ether oxygens (including phenoxy) is 1. The minimum absolute atomic E-state index is 0.0972. The third kappa shape index (κ3) is 2.51. The van der Waals surface area contributed by atoms with Gasteiger partial charge in [-0.25, -0.2) is 9.59 Å². The monoisotopic (exact) mass is 199 g/mol. The van der Waals surface area contributed by atoms with E-state index in [4.69, 9.17) is 9.52 Å². The van der Waals surface area contributed by atoms with Crippen LogP contribution in [0.3, 0.4) is 0 Å². The number of carboxylic acids is 1. The van der Waals surface area contributed by atoms with Gasteiger partial charge in [0, 0.05) is 0 Å². The quantitative estimate of drug-likeness (QED) is 0.752. The molecule has 1 aromatic rings. The molecule has 0 atom stereocenters. The molecule has 2 N–H and O–H groups in total. The van der Waals surface area contributed by atoms with E-state index >= 15 is 0 Å². The lowest BCUT2D eigenvalue weighted by molar-refractivity contribution is 0.0660. The molecule has 1 amide bonds. The average molecular weight is 199 g/mol. The highest BCUT2D eigenvalue weighted by atomic mass is 16.5. The predicted octanol–water partition coefficient (Wildman–Crippen LogP) is 0.834. The molecule has 0 unspecified atom stereocenters. The first kappa shape index (κ1) is 10.1. The van der Waals surface area contributed by atoms with Gasteiger partial charge in [0.15, 0.2) is 0 Å². The lowest BCUT2D eigenvalue weighted by atomic mass is 10.4. The van der Waals surface area contributed by atoms with E-state index in [1.54, 1.807) is 0 Å². The average Bonchev–Trinajstić information content (AvgIpc) is 2.62. The van der Waals surface area contributed by atoms with Crippen molar-refractivity contribution < 1.29 is 23.8 Å². The Kier molecular flexibility index (Phi) is 3.11. The Labute approximate surface area is 79.5 Å². The summed E-state index contributed by atoms with van der Waals surface area (Å²) in [7, 11) is 1.24. The lowest BCUT2D eigenvalue weighted by Crippen LogP contribution is -2.21. The van der Waals surface area contributed by atoms with Crippen molar-refractivity contribution in [2.75, 3.05) is 7.11 Å². The summed E-state index contributed by atoms with van der Waals surface area (Å²) in [6, 6.07) is 2.79. The van der Waals surface area contributed by atoms with Gasteiger partial charge in [-0.3, -0.25) is 0 Å². The van der Waals surface area contributed by atoms with E-state index < -0.39 is 12.1 Å². The highest BCUT2D eigenvalue weighted by Gasteiger charge is 2.09. The lowest BCUT2D eigenvalue weighted by Gasteiger charge is -1.99. The van der Waals surface area contributed by atoms with Crippen LogP contribution in [0.5, 0.6) is 0 Å². The minimum Gasteiger partial charge on any atom is -0.475 e. The molecule has 6 heteroatoms. The Morgan fingerprint density at radius 1 is 1.57 bits per heavy atom. The van der Waals surface area contributed by atoms with Crippen molar-refractivity contribution in [1.29, 1.82) is 0 Å². The molecule has 6 nitrogen and oxygen atoms in total. The van der Waals surface area contributed by atoms with Gasteiger partial charge in [-0.2, -0.15) is 0 Å². The fraction of sp³-hybridized carbons (Fsp3) is 0.250. The zero-order valence-electron chi connectivity index (χ0n) is 7.44. The van der Waals surface area contributed by atoms with Crippen LogP contribution in [0.1, 0.15) is 16.3 Å². The topological polar surface area (TPSA) is 88.8 Å². The van der Waals surface area contributed by atoms with E-state index in [1.807, 2.05) is 0 Å². The number of rotatable bonds is 3. The SMILES string of the molecule is COC(=O)NCc1ccc(C(=O)O)o1. The normalized spacial score (nSPS) is 9.50. The molecule has 0 saturated carbocycles. The Balaban J connectivity index is 2.52. The maximum Gasteiger partial charge on any atom is 0.407 e. The van der Waals surface area contributed by atoms with E-state index in [0.717, 1.165) is 0 Å². The van der Waals surface area contributed by atoms with Crippen LogP contribution in [0.15, 0.2) is 16.5 Å². The van der Waals surface area contributed by atoms with E-state index in [0.29, 0.717) is 5.76 Å². The van der Waals surface area contributed by atoms with Gasteiger partial charge in [-0.15, -0.1) is 0 Å². The van der Waals surface area contributed by atoms with Gasteiger partial charge in [-0.1, -0.05) is 0 Å². The Morgan fingerprint density at radius 3 is 2.79 bits per heavy atom.